The minimum atomic E-state index is -0.821. The van der Waals surface area contributed by atoms with Crippen molar-refractivity contribution < 1.29 is 19.5 Å². The fraction of sp³-hybridized carbons (Fsp3) is 0.387. The number of fused-ring (bicyclic) bond motifs is 2. The van der Waals surface area contributed by atoms with E-state index in [1.165, 1.54) is 0 Å². The van der Waals surface area contributed by atoms with E-state index < -0.39 is 28.7 Å². The van der Waals surface area contributed by atoms with Gasteiger partial charge in [0.25, 0.3) is 0 Å². The van der Waals surface area contributed by atoms with E-state index in [9.17, 15) is 19.5 Å². The molecule has 3 N–H and O–H groups in total. The average molecular weight is 544 g/mol. The zero-order valence-corrected chi connectivity index (χ0v) is 22.7. The number of carbonyl (C=O) groups is 3. The number of anilines is 1. The summed E-state index contributed by atoms with van der Waals surface area (Å²) in [5.74, 6) is -1.70. The van der Waals surface area contributed by atoms with Crippen LogP contribution in [0.2, 0.25) is 0 Å². The van der Waals surface area contributed by atoms with Crippen molar-refractivity contribution in [3.63, 3.8) is 0 Å². The van der Waals surface area contributed by atoms with Crippen LogP contribution in [0.1, 0.15) is 37.8 Å². The van der Waals surface area contributed by atoms with Crippen LogP contribution in [0.25, 0.3) is 10.8 Å². The van der Waals surface area contributed by atoms with Crippen LogP contribution in [0, 0.1) is 11.8 Å². The molecule has 3 saturated heterocycles. The zero-order chi connectivity index (χ0) is 27.1. The molecule has 3 aliphatic rings. The maximum atomic E-state index is 14.3. The molecule has 1 spiro atoms. The van der Waals surface area contributed by atoms with Crippen LogP contribution in [-0.2, 0) is 14.4 Å². The molecule has 8 heteroatoms. The molecule has 39 heavy (non-hydrogen) atoms. The summed E-state index contributed by atoms with van der Waals surface area (Å²) in [6, 6.07) is 21.6. The molecule has 6 rings (SSSR count). The van der Waals surface area contributed by atoms with Crippen molar-refractivity contribution in [2.45, 2.75) is 48.3 Å². The third-order valence-corrected chi connectivity index (χ3v) is 10.5. The summed E-state index contributed by atoms with van der Waals surface area (Å²) < 4.78 is -0.723. The zero-order valence-electron chi connectivity index (χ0n) is 21.9. The molecule has 0 radical (unpaired) electrons. The highest BCUT2D eigenvalue weighted by Gasteiger charge is 2.74. The van der Waals surface area contributed by atoms with E-state index in [4.69, 9.17) is 0 Å². The van der Waals surface area contributed by atoms with Gasteiger partial charge < -0.3 is 20.6 Å². The average Bonchev–Trinajstić information content (AvgIpc) is 3.60. The van der Waals surface area contributed by atoms with Crippen molar-refractivity contribution >= 4 is 45.9 Å². The molecule has 2 bridgehead atoms. The number of thioether (sulfide) groups is 1. The topological polar surface area (TPSA) is 98.7 Å². The number of benzene rings is 3. The molecule has 2 unspecified atom stereocenters. The molecule has 0 aromatic heterocycles. The fourth-order valence-electron chi connectivity index (χ4n) is 6.90. The van der Waals surface area contributed by atoms with Crippen LogP contribution < -0.4 is 10.6 Å². The van der Waals surface area contributed by atoms with Crippen molar-refractivity contribution in [2.24, 2.45) is 11.8 Å². The quantitative estimate of drug-likeness (QED) is 0.397. The van der Waals surface area contributed by atoms with Crippen molar-refractivity contribution in [2.75, 3.05) is 18.5 Å². The minimum absolute atomic E-state index is 0.00164. The Hall–Kier alpha value is -3.36. The number of amides is 3. The van der Waals surface area contributed by atoms with Crippen molar-refractivity contribution in [3.05, 3.63) is 78.4 Å². The van der Waals surface area contributed by atoms with Crippen molar-refractivity contribution in [3.8, 4) is 0 Å². The Labute approximate surface area is 232 Å². The van der Waals surface area contributed by atoms with Gasteiger partial charge in [-0.15, -0.1) is 11.8 Å². The van der Waals surface area contributed by atoms with Crippen LogP contribution in [0.5, 0.6) is 0 Å². The molecular weight excluding hydrogens is 510 g/mol. The first kappa shape index (κ1) is 25.9. The lowest BCUT2D eigenvalue weighted by molar-refractivity contribution is -0.142. The largest absolute Gasteiger partial charge is 0.394 e. The van der Waals surface area contributed by atoms with E-state index in [0.717, 1.165) is 29.2 Å². The molecule has 3 aliphatic heterocycles. The van der Waals surface area contributed by atoms with Gasteiger partial charge in [-0.1, -0.05) is 67.6 Å². The van der Waals surface area contributed by atoms with Crippen molar-refractivity contribution in [1.29, 1.82) is 0 Å². The molecule has 202 valence electrons. The van der Waals surface area contributed by atoms with Gasteiger partial charge in [-0.2, -0.15) is 0 Å². The third kappa shape index (κ3) is 4.21. The number of hydrogen-bond donors (Lipinski definition) is 3. The second-order valence-corrected chi connectivity index (χ2v) is 12.4. The number of aliphatic hydroxyl groups is 1. The molecule has 0 saturated carbocycles. The Morgan fingerprint density at radius 2 is 1.79 bits per heavy atom. The number of carbonyl (C=O) groups excluding carboxylic acids is 3. The molecule has 3 amide bonds. The molecule has 3 aromatic carbocycles. The Morgan fingerprint density at radius 3 is 2.54 bits per heavy atom. The van der Waals surface area contributed by atoms with E-state index in [-0.39, 0.29) is 29.6 Å². The molecule has 3 fully saturated rings. The van der Waals surface area contributed by atoms with E-state index in [0.29, 0.717) is 18.7 Å². The fourth-order valence-corrected chi connectivity index (χ4v) is 9.11. The molecule has 3 aromatic rings. The predicted molar refractivity (Wildman–Crippen MR) is 153 cm³/mol. The van der Waals surface area contributed by atoms with Gasteiger partial charge in [0.15, 0.2) is 0 Å². The van der Waals surface area contributed by atoms with Crippen LogP contribution in [0.15, 0.2) is 72.8 Å². The predicted octanol–water partition coefficient (Wildman–Crippen LogP) is 4.13. The molecule has 6 atom stereocenters. The standard InChI is InChI=1S/C31H33N3O4S/c1-2-16-32-28(36)25-24-14-15-31(39-24)26(25)30(38)34(23(18-35)20-9-4-3-5-10-20)27(31)29(37)33-22-13-12-19-8-6-7-11-21(19)17-22/h3-13,17,23-27,35H,2,14-16,18H2,1H3,(H,32,36)(H,33,37)/t23-,24+,25-,26+,27?,31?/m1/s1. The van der Waals surface area contributed by atoms with Crippen LogP contribution in [0.3, 0.4) is 0 Å². The van der Waals surface area contributed by atoms with E-state index in [1.807, 2.05) is 79.7 Å². The van der Waals surface area contributed by atoms with Gasteiger partial charge in [-0.3, -0.25) is 14.4 Å². The summed E-state index contributed by atoms with van der Waals surface area (Å²) in [6.07, 6.45) is 2.26. The van der Waals surface area contributed by atoms with Gasteiger partial charge in [-0.05, 0) is 47.7 Å². The van der Waals surface area contributed by atoms with Crippen LogP contribution in [-0.4, -0.2) is 56.9 Å². The highest BCUT2D eigenvalue weighted by atomic mass is 32.2. The summed E-state index contributed by atoms with van der Waals surface area (Å²) >= 11 is 1.63. The lowest BCUT2D eigenvalue weighted by Gasteiger charge is -2.37. The van der Waals surface area contributed by atoms with Gasteiger partial charge in [0.2, 0.25) is 17.7 Å². The summed E-state index contributed by atoms with van der Waals surface area (Å²) in [4.78, 5) is 43.5. The number of aliphatic hydroxyl groups excluding tert-OH is 1. The first-order valence-electron chi connectivity index (χ1n) is 13.7. The lowest BCUT2D eigenvalue weighted by atomic mass is 9.70. The van der Waals surface area contributed by atoms with Gasteiger partial charge >= 0.3 is 0 Å². The Balaban J connectivity index is 1.40. The summed E-state index contributed by atoms with van der Waals surface area (Å²) in [5, 5.41) is 18.8. The van der Waals surface area contributed by atoms with Crippen LogP contribution in [0.4, 0.5) is 5.69 Å². The Bertz CT molecular complexity index is 1420. The Morgan fingerprint density at radius 1 is 1.05 bits per heavy atom. The van der Waals surface area contributed by atoms with Gasteiger partial charge in [0.1, 0.15) is 6.04 Å². The number of nitrogens with one attached hydrogen (secondary N) is 2. The number of hydrogen-bond acceptors (Lipinski definition) is 5. The number of nitrogens with zero attached hydrogens (tertiary/aromatic N) is 1. The second kappa shape index (κ2) is 10.3. The normalized spacial score (nSPS) is 27.9. The second-order valence-electron chi connectivity index (χ2n) is 10.8. The highest BCUT2D eigenvalue weighted by molar-refractivity contribution is 8.02. The van der Waals surface area contributed by atoms with Gasteiger partial charge in [0, 0.05) is 17.5 Å². The summed E-state index contributed by atoms with van der Waals surface area (Å²) in [6.45, 7) is 2.23. The van der Waals surface area contributed by atoms with Crippen molar-refractivity contribution in [1.82, 2.24) is 10.2 Å². The SMILES string of the molecule is CCCNC(=O)[C@@H]1[C@@H]2CCC3(S2)C(C(=O)Nc2ccc4ccccc4c2)N([C@H](CO)c2ccccc2)C(=O)[C@H]13. The minimum Gasteiger partial charge on any atom is -0.394 e. The summed E-state index contributed by atoms with van der Waals surface area (Å²) in [5.41, 5.74) is 1.42. The van der Waals surface area contributed by atoms with E-state index in [2.05, 4.69) is 10.6 Å². The summed E-state index contributed by atoms with van der Waals surface area (Å²) in [7, 11) is 0. The molecule has 0 aliphatic carbocycles. The smallest absolute Gasteiger partial charge is 0.248 e. The molecule has 3 heterocycles. The highest BCUT2D eigenvalue weighted by Crippen LogP contribution is 2.67. The van der Waals surface area contributed by atoms with Crippen LogP contribution >= 0.6 is 11.8 Å². The van der Waals surface area contributed by atoms with E-state index in [1.54, 1.807) is 16.7 Å². The monoisotopic (exact) mass is 543 g/mol. The van der Waals surface area contributed by atoms with Gasteiger partial charge in [-0.25, -0.2) is 0 Å². The number of likely N-dealkylation sites (tertiary alicyclic amines) is 1. The Kier molecular flexibility index (Phi) is 6.85. The maximum absolute atomic E-state index is 14.3. The van der Waals surface area contributed by atoms with E-state index >= 15 is 0 Å². The molecular formula is C31H33N3O4S. The number of rotatable bonds is 8. The molecule has 7 nitrogen and oxygen atoms in total. The maximum Gasteiger partial charge on any atom is 0.248 e. The first-order chi connectivity index (χ1) is 19.0. The van der Waals surface area contributed by atoms with Gasteiger partial charge in [0.05, 0.1) is 29.2 Å². The first-order valence-corrected chi connectivity index (χ1v) is 14.6. The lowest BCUT2D eigenvalue weighted by Crippen LogP contribution is -2.52. The third-order valence-electron chi connectivity index (χ3n) is 8.55.